The van der Waals surface area contributed by atoms with Crippen molar-refractivity contribution in [1.82, 2.24) is 4.90 Å². The first-order chi connectivity index (χ1) is 15.7. The van der Waals surface area contributed by atoms with Crippen molar-refractivity contribution in [2.45, 2.75) is 89.5 Å². The zero-order chi connectivity index (χ0) is 22.6. The molecule has 0 spiro atoms. The van der Waals surface area contributed by atoms with E-state index in [2.05, 4.69) is 30.6 Å². The lowest BCUT2D eigenvalue weighted by atomic mass is 10.1. The Labute approximate surface area is 192 Å². The summed E-state index contributed by atoms with van der Waals surface area (Å²) in [6.07, 6.45) is 10.2. The number of ether oxygens (including phenoxy) is 3. The van der Waals surface area contributed by atoms with Crippen molar-refractivity contribution >= 4 is 6.09 Å². The third kappa shape index (κ3) is 6.94. The highest BCUT2D eigenvalue weighted by Gasteiger charge is 2.50. The number of hydrogen-bond donors (Lipinski definition) is 0. The molecule has 1 aromatic carbocycles. The van der Waals surface area contributed by atoms with Crippen LogP contribution >= 0.6 is 0 Å². The molecule has 32 heavy (non-hydrogen) atoms. The first kappa shape index (κ1) is 24.0. The average molecular weight is 438 g/mol. The predicted octanol–water partition coefficient (Wildman–Crippen LogP) is 5.32. The van der Waals surface area contributed by atoms with Crippen LogP contribution in [0.3, 0.4) is 0 Å². The van der Waals surface area contributed by atoms with Crippen LogP contribution in [0.15, 0.2) is 24.3 Å². The van der Waals surface area contributed by atoms with Crippen LogP contribution in [-0.2, 0) is 16.0 Å². The Morgan fingerprint density at radius 1 is 1.03 bits per heavy atom. The molecule has 0 aliphatic carbocycles. The fourth-order valence-corrected chi connectivity index (χ4v) is 4.12. The molecule has 0 bridgehead atoms. The van der Waals surface area contributed by atoms with E-state index in [1.165, 1.54) is 44.9 Å². The molecule has 0 aromatic heterocycles. The monoisotopic (exact) mass is 437 g/mol. The van der Waals surface area contributed by atoms with Crippen LogP contribution in [0.5, 0.6) is 5.75 Å². The van der Waals surface area contributed by atoms with Crippen molar-refractivity contribution in [2.75, 3.05) is 13.7 Å². The number of carbonyl (C=O) groups excluding carboxylic acids is 1. The molecule has 5 heteroatoms. The maximum Gasteiger partial charge on any atom is 0.411 e. The zero-order valence-electron chi connectivity index (χ0n) is 19.4. The molecular weight excluding hydrogens is 402 g/mol. The Kier molecular flexibility index (Phi) is 9.79. The summed E-state index contributed by atoms with van der Waals surface area (Å²) in [6, 6.07) is 7.57. The molecule has 3 atom stereocenters. The van der Waals surface area contributed by atoms with Gasteiger partial charge < -0.3 is 14.2 Å². The molecule has 2 fully saturated rings. The quantitative estimate of drug-likeness (QED) is 0.347. The van der Waals surface area contributed by atoms with Crippen molar-refractivity contribution in [3.63, 3.8) is 0 Å². The molecule has 2 aliphatic heterocycles. The van der Waals surface area contributed by atoms with Gasteiger partial charge >= 0.3 is 6.09 Å². The molecule has 0 unspecified atom stereocenters. The topological polar surface area (TPSA) is 48.0 Å². The fourth-order valence-electron chi connectivity index (χ4n) is 4.12. The highest BCUT2D eigenvalue weighted by molar-refractivity contribution is 5.71. The minimum Gasteiger partial charge on any atom is -0.497 e. The second-order valence-electron chi connectivity index (χ2n) is 8.44. The smallest absolute Gasteiger partial charge is 0.411 e. The van der Waals surface area contributed by atoms with E-state index in [-0.39, 0.29) is 18.2 Å². The third-order valence-electron chi connectivity index (χ3n) is 6.03. The molecule has 2 heterocycles. The average Bonchev–Trinajstić information content (AvgIpc) is 3.34. The van der Waals surface area contributed by atoms with E-state index in [1.54, 1.807) is 12.0 Å². The molecule has 172 valence electrons. The largest absolute Gasteiger partial charge is 0.497 e. The minimum atomic E-state index is -0.415. The second kappa shape index (κ2) is 13.0. The maximum atomic E-state index is 12.4. The lowest BCUT2D eigenvalue weighted by Gasteiger charge is -2.19. The van der Waals surface area contributed by atoms with Crippen LogP contribution in [0.25, 0.3) is 0 Å². The van der Waals surface area contributed by atoms with E-state index in [9.17, 15) is 4.79 Å². The Morgan fingerprint density at radius 3 is 2.47 bits per heavy atom. The van der Waals surface area contributed by atoms with Gasteiger partial charge in [0.05, 0.1) is 19.8 Å². The number of unbranched alkanes of at least 4 members (excludes halogenated alkanes) is 8. The molecule has 2 saturated heterocycles. The third-order valence-corrected chi connectivity index (χ3v) is 6.03. The fraction of sp³-hybridized carbons (Fsp3) is 0.593. The number of fused-ring (bicyclic) bond motifs is 1. The zero-order valence-corrected chi connectivity index (χ0v) is 19.4. The Balaban J connectivity index is 1.39. The van der Waals surface area contributed by atoms with Gasteiger partial charge in [0.1, 0.15) is 5.75 Å². The van der Waals surface area contributed by atoms with Gasteiger partial charge in [-0.1, -0.05) is 75.8 Å². The number of hydrogen-bond acceptors (Lipinski definition) is 4. The van der Waals surface area contributed by atoms with Crippen molar-refractivity contribution in [2.24, 2.45) is 0 Å². The lowest BCUT2D eigenvalue weighted by molar-refractivity contribution is 0.0583. The van der Waals surface area contributed by atoms with E-state index in [0.717, 1.165) is 24.2 Å². The summed E-state index contributed by atoms with van der Waals surface area (Å²) in [7, 11) is 1.63. The van der Waals surface area contributed by atoms with E-state index < -0.39 is 6.10 Å². The Morgan fingerprint density at radius 2 is 1.75 bits per heavy atom. The molecule has 0 saturated carbocycles. The molecule has 5 nitrogen and oxygen atoms in total. The van der Waals surface area contributed by atoms with Gasteiger partial charge in [-0.25, -0.2) is 4.79 Å². The van der Waals surface area contributed by atoms with Crippen molar-refractivity contribution in [3.8, 4) is 29.4 Å². The predicted molar refractivity (Wildman–Crippen MR) is 125 cm³/mol. The number of amides is 1. The summed E-state index contributed by atoms with van der Waals surface area (Å²) in [4.78, 5) is 14.1. The summed E-state index contributed by atoms with van der Waals surface area (Å²) in [5.41, 5.74) is 1.02. The van der Waals surface area contributed by atoms with Gasteiger partial charge in [-0.3, -0.25) is 4.90 Å². The summed E-state index contributed by atoms with van der Waals surface area (Å²) < 4.78 is 16.6. The van der Waals surface area contributed by atoms with Gasteiger partial charge in [0, 0.05) is 13.0 Å². The van der Waals surface area contributed by atoms with Crippen LogP contribution in [0, 0.1) is 23.7 Å². The van der Waals surface area contributed by atoms with Gasteiger partial charge in [0.15, 0.2) is 12.2 Å². The molecule has 1 amide bonds. The summed E-state index contributed by atoms with van der Waals surface area (Å²) in [5, 5.41) is 0. The molecule has 2 aliphatic rings. The van der Waals surface area contributed by atoms with Crippen molar-refractivity contribution < 1.29 is 19.0 Å². The number of carbonyl (C=O) groups is 1. The highest BCUT2D eigenvalue weighted by Crippen LogP contribution is 2.31. The van der Waals surface area contributed by atoms with Gasteiger partial charge in [-0.05, 0) is 36.0 Å². The Hall–Kier alpha value is -2.63. The summed E-state index contributed by atoms with van der Waals surface area (Å²) >= 11 is 0. The highest BCUT2D eigenvalue weighted by atomic mass is 16.6. The van der Waals surface area contributed by atoms with E-state index in [4.69, 9.17) is 14.2 Å². The van der Waals surface area contributed by atoms with Crippen LogP contribution in [0.1, 0.15) is 70.3 Å². The van der Waals surface area contributed by atoms with Crippen LogP contribution < -0.4 is 4.74 Å². The van der Waals surface area contributed by atoms with Crippen LogP contribution in [-0.4, -0.2) is 43.0 Å². The first-order valence-corrected chi connectivity index (χ1v) is 11.9. The molecule has 0 radical (unpaired) electrons. The minimum absolute atomic E-state index is 0.116. The second-order valence-corrected chi connectivity index (χ2v) is 8.44. The van der Waals surface area contributed by atoms with Gasteiger partial charge in [-0.15, -0.1) is 0 Å². The van der Waals surface area contributed by atoms with E-state index in [0.29, 0.717) is 13.2 Å². The number of rotatable bonds is 11. The van der Waals surface area contributed by atoms with Crippen molar-refractivity contribution in [3.05, 3.63) is 29.8 Å². The molecule has 1 aromatic rings. The maximum absolute atomic E-state index is 12.4. The summed E-state index contributed by atoms with van der Waals surface area (Å²) in [6.45, 7) is 3.15. The number of methoxy groups -OCH3 is 1. The number of benzene rings is 1. The molecule has 0 N–H and O–H groups in total. The standard InChI is InChI=1S/C27H35NO4/c1-3-4-5-6-7-8-9-10-11-12-13-14-15-25-26-24(21-31-25)28(27(29)32-26)20-22-16-18-23(30-2)19-17-22/h16-19,24-26H,3-11,20-21H2,1-2H3/t24-,25-,26-/m0/s1. The normalized spacial score (nSPS) is 21.2. The van der Waals surface area contributed by atoms with Gasteiger partial charge in [0.25, 0.3) is 0 Å². The SMILES string of the molecule is CCCCCCCCCCC#CC#C[C@@H]1OC[C@H]2[C@@H]1OC(=O)N2Cc1ccc(OC)cc1. The number of nitrogens with zero attached hydrogens (tertiary/aromatic N) is 1. The van der Waals surface area contributed by atoms with Gasteiger partial charge in [0.2, 0.25) is 0 Å². The lowest BCUT2D eigenvalue weighted by Crippen LogP contribution is -2.36. The van der Waals surface area contributed by atoms with Gasteiger partial charge in [-0.2, -0.15) is 0 Å². The Bertz CT molecular complexity index is 842. The van der Waals surface area contributed by atoms with Crippen LogP contribution in [0.2, 0.25) is 0 Å². The molecular formula is C27H35NO4. The van der Waals surface area contributed by atoms with Crippen LogP contribution in [0.4, 0.5) is 4.79 Å². The summed E-state index contributed by atoms with van der Waals surface area (Å²) in [5.74, 6) is 12.8. The van der Waals surface area contributed by atoms with E-state index >= 15 is 0 Å². The molecule has 3 rings (SSSR count). The van der Waals surface area contributed by atoms with E-state index in [1.807, 2.05) is 24.3 Å². The van der Waals surface area contributed by atoms with Crippen molar-refractivity contribution in [1.29, 1.82) is 0 Å². The first-order valence-electron chi connectivity index (χ1n) is 11.9.